The molecular formula is C20H19ClN4O2S2. The van der Waals surface area contributed by atoms with Crippen LogP contribution in [-0.4, -0.2) is 23.0 Å². The molecule has 29 heavy (non-hydrogen) atoms. The monoisotopic (exact) mass is 446 g/mol. The van der Waals surface area contributed by atoms with Crippen molar-refractivity contribution in [3.8, 4) is 0 Å². The maximum atomic E-state index is 11.7. The number of aryl methyl sites for hydroxylation is 1. The van der Waals surface area contributed by atoms with Crippen LogP contribution in [-0.2, 0) is 22.3 Å². The van der Waals surface area contributed by atoms with E-state index in [9.17, 15) is 8.42 Å². The van der Waals surface area contributed by atoms with Gasteiger partial charge >= 0.3 is 0 Å². The first kappa shape index (κ1) is 20.2. The molecule has 0 aliphatic carbocycles. The number of hydrogen-bond donors (Lipinski definition) is 1. The van der Waals surface area contributed by atoms with Gasteiger partial charge in [0.2, 0.25) is 10.0 Å². The molecule has 2 heterocycles. The Morgan fingerprint density at radius 2 is 1.90 bits per heavy atom. The van der Waals surface area contributed by atoms with Crippen LogP contribution in [0.15, 0.2) is 58.6 Å². The van der Waals surface area contributed by atoms with Gasteiger partial charge in [0.25, 0.3) is 0 Å². The molecule has 0 unspecified atom stereocenters. The average molecular weight is 447 g/mol. The van der Waals surface area contributed by atoms with E-state index in [4.69, 9.17) is 16.7 Å². The fraction of sp³-hybridized carbons (Fsp3) is 0.200. The van der Waals surface area contributed by atoms with Gasteiger partial charge in [-0.25, -0.2) is 23.5 Å². The number of aromatic nitrogens is 3. The van der Waals surface area contributed by atoms with E-state index in [0.29, 0.717) is 16.4 Å². The van der Waals surface area contributed by atoms with Gasteiger partial charge < -0.3 is 4.57 Å². The highest BCUT2D eigenvalue weighted by Gasteiger charge is 2.16. The Bertz CT molecular complexity index is 1320. The third kappa shape index (κ3) is 4.11. The average Bonchev–Trinajstić information content (AvgIpc) is 3.03. The fourth-order valence-corrected chi connectivity index (χ4v) is 5.03. The first-order valence-electron chi connectivity index (χ1n) is 9.07. The molecule has 0 saturated carbocycles. The van der Waals surface area contributed by atoms with Crippen molar-refractivity contribution in [2.75, 3.05) is 0 Å². The molecule has 0 atom stereocenters. The predicted molar refractivity (Wildman–Crippen MR) is 118 cm³/mol. The second-order valence-corrected chi connectivity index (χ2v) is 9.52. The van der Waals surface area contributed by atoms with E-state index in [1.807, 2.05) is 30.3 Å². The lowest BCUT2D eigenvalue weighted by molar-refractivity contribution is 0.598. The lowest BCUT2D eigenvalue weighted by atomic mass is 10.2. The Labute approximate surface area is 178 Å². The number of primary sulfonamides is 1. The van der Waals surface area contributed by atoms with Crippen LogP contribution in [0.3, 0.4) is 0 Å². The summed E-state index contributed by atoms with van der Waals surface area (Å²) in [5.74, 6) is 0.603. The minimum Gasteiger partial charge on any atom is -0.319 e. The quantitative estimate of drug-likeness (QED) is 0.345. The molecule has 0 saturated heterocycles. The fourth-order valence-electron chi connectivity index (χ4n) is 3.19. The Morgan fingerprint density at radius 3 is 2.66 bits per heavy atom. The third-order valence-corrected chi connectivity index (χ3v) is 6.83. The maximum Gasteiger partial charge on any atom is 0.238 e. The molecule has 6 nitrogen and oxygen atoms in total. The summed E-state index contributed by atoms with van der Waals surface area (Å²) in [6.45, 7) is 2.86. The first-order chi connectivity index (χ1) is 13.9. The van der Waals surface area contributed by atoms with E-state index in [1.165, 1.54) is 12.1 Å². The summed E-state index contributed by atoms with van der Waals surface area (Å²) in [7, 11) is -3.77. The van der Waals surface area contributed by atoms with Crippen molar-refractivity contribution in [3.05, 3.63) is 59.2 Å². The molecule has 0 aliphatic rings. The summed E-state index contributed by atoms with van der Waals surface area (Å²) in [4.78, 5) is 9.19. The van der Waals surface area contributed by atoms with Crippen LogP contribution >= 0.6 is 23.4 Å². The molecule has 0 radical (unpaired) electrons. The van der Waals surface area contributed by atoms with Crippen LogP contribution in [0.1, 0.15) is 18.9 Å². The van der Waals surface area contributed by atoms with Gasteiger partial charge in [0.05, 0.1) is 21.4 Å². The van der Waals surface area contributed by atoms with Gasteiger partial charge in [-0.1, -0.05) is 48.5 Å². The second kappa shape index (κ2) is 7.95. The second-order valence-electron chi connectivity index (χ2n) is 6.66. The Hall–Kier alpha value is -2.13. The summed E-state index contributed by atoms with van der Waals surface area (Å²) >= 11 is 7.94. The van der Waals surface area contributed by atoms with Gasteiger partial charge in [0, 0.05) is 23.2 Å². The SMILES string of the molecule is CCCn1c(SCc2cc3ccccc3nc2Cl)nc2cc(S(N)(=O)=O)ccc21. The highest BCUT2D eigenvalue weighted by molar-refractivity contribution is 7.98. The zero-order valence-corrected chi connectivity index (χ0v) is 18.1. The molecule has 0 spiro atoms. The van der Waals surface area contributed by atoms with E-state index < -0.39 is 10.0 Å². The lowest BCUT2D eigenvalue weighted by Crippen LogP contribution is -2.11. The largest absolute Gasteiger partial charge is 0.319 e. The summed E-state index contributed by atoms with van der Waals surface area (Å²) in [5, 5.41) is 7.57. The number of pyridine rings is 1. The number of hydrogen-bond acceptors (Lipinski definition) is 5. The Balaban J connectivity index is 1.70. The van der Waals surface area contributed by atoms with Gasteiger partial charge in [-0.3, -0.25) is 0 Å². The highest BCUT2D eigenvalue weighted by Crippen LogP contribution is 2.31. The van der Waals surface area contributed by atoms with E-state index in [0.717, 1.165) is 40.1 Å². The number of nitrogens with zero attached hydrogens (tertiary/aromatic N) is 3. The number of benzene rings is 2. The molecule has 9 heteroatoms. The standard InChI is InChI=1S/C20H19ClN4O2S2/c1-2-9-25-18-8-7-15(29(22,26)27)11-17(18)24-20(25)28-12-14-10-13-5-3-4-6-16(13)23-19(14)21/h3-8,10-11H,2,9,12H2,1H3,(H2,22,26,27). The molecule has 2 aromatic heterocycles. The summed E-state index contributed by atoms with van der Waals surface area (Å²) in [5.41, 5.74) is 3.27. The molecular weight excluding hydrogens is 428 g/mol. The topological polar surface area (TPSA) is 90.9 Å². The Kier molecular flexibility index (Phi) is 5.52. The molecule has 0 bridgehead atoms. The number of para-hydroxylation sites is 1. The van der Waals surface area contributed by atoms with Crippen LogP contribution in [0.5, 0.6) is 0 Å². The van der Waals surface area contributed by atoms with Crippen molar-refractivity contribution in [1.82, 2.24) is 14.5 Å². The number of imidazole rings is 1. The minimum atomic E-state index is -3.77. The van der Waals surface area contributed by atoms with Gasteiger partial charge in [0.1, 0.15) is 5.15 Å². The minimum absolute atomic E-state index is 0.0597. The molecule has 0 amide bonds. The lowest BCUT2D eigenvalue weighted by Gasteiger charge is -2.09. The number of rotatable bonds is 6. The smallest absolute Gasteiger partial charge is 0.238 e. The van der Waals surface area contributed by atoms with Crippen LogP contribution < -0.4 is 5.14 Å². The Morgan fingerprint density at radius 1 is 1.10 bits per heavy atom. The van der Waals surface area contributed by atoms with Crippen LogP contribution in [0.2, 0.25) is 5.15 Å². The van der Waals surface area contributed by atoms with Crippen molar-refractivity contribution in [3.63, 3.8) is 0 Å². The van der Waals surface area contributed by atoms with Crippen LogP contribution in [0, 0.1) is 0 Å². The van der Waals surface area contributed by atoms with Gasteiger partial charge in [-0.15, -0.1) is 0 Å². The van der Waals surface area contributed by atoms with Crippen LogP contribution in [0.25, 0.3) is 21.9 Å². The van der Waals surface area contributed by atoms with Gasteiger partial charge in [0.15, 0.2) is 5.16 Å². The van der Waals surface area contributed by atoms with Crippen molar-refractivity contribution >= 4 is 55.3 Å². The highest BCUT2D eigenvalue weighted by atomic mass is 35.5. The van der Waals surface area contributed by atoms with E-state index in [2.05, 4.69) is 21.5 Å². The predicted octanol–water partition coefficient (Wildman–Crippen LogP) is 4.59. The normalized spacial score (nSPS) is 12.1. The van der Waals surface area contributed by atoms with Crippen molar-refractivity contribution < 1.29 is 8.42 Å². The van der Waals surface area contributed by atoms with E-state index in [1.54, 1.807) is 17.8 Å². The molecule has 0 fully saturated rings. The molecule has 2 aromatic carbocycles. The number of nitrogens with two attached hydrogens (primary N) is 1. The van der Waals surface area contributed by atoms with E-state index in [-0.39, 0.29) is 4.90 Å². The van der Waals surface area contributed by atoms with E-state index >= 15 is 0 Å². The zero-order chi connectivity index (χ0) is 20.6. The first-order valence-corrected chi connectivity index (χ1v) is 12.0. The number of sulfonamides is 1. The molecule has 2 N–H and O–H groups in total. The molecule has 4 aromatic rings. The molecule has 150 valence electrons. The zero-order valence-electron chi connectivity index (χ0n) is 15.7. The molecule has 4 rings (SSSR count). The summed E-state index contributed by atoms with van der Waals surface area (Å²) in [6.07, 6.45) is 0.925. The third-order valence-electron chi connectivity index (χ3n) is 4.57. The van der Waals surface area contributed by atoms with Crippen LogP contribution in [0.4, 0.5) is 0 Å². The van der Waals surface area contributed by atoms with Crippen molar-refractivity contribution in [2.24, 2.45) is 5.14 Å². The molecule has 0 aliphatic heterocycles. The van der Waals surface area contributed by atoms with Gasteiger partial charge in [-0.2, -0.15) is 0 Å². The number of fused-ring (bicyclic) bond motifs is 2. The van der Waals surface area contributed by atoms with Gasteiger partial charge in [-0.05, 0) is 36.8 Å². The number of thioether (sulfide) groups is 1. The summed E-state index contributed by atoms with van der Waals surface area (Å²) < 4.78 is 25.4. The van der Waals surface area contributed by atoms with Crippen molar-refractivity contribution in [1.29, 1.82) is 0 Å². The summed E-state index contributed by atoms with van der Waals surface area (Å²) in [6, 6.07) is 14.7. The number of halogens is 1. The van der Waals surface area contributed by atoms with Crippen molar-refractivity contribution in [2.45, 2.75) is 35.7 Å². The maximum absolute atomic E-state index is 11.7.